The fourth-order valence-corrected chi connectivity index (χ4v) is 2.39. The highest BCUT2D eigenvalue weighted by Gasteiger charge is 2.16. The van der Waals surface area contributed by atoms with E-state index in [1.165, 1.54) is 19.2 Å². The van der Waals surface area contributed by atoms with Crippen molar-refractivity contribution in [3.8, 4) is 0 Å². The van der Waals surface area contributed by atoms with Gasteiger partial charge in [-0.15, -0.1) is 0 Å². The quantitative estimate of drug-likeness (QED) is 0.353. The Morgan fingerprint density at radius 1 is 1.22 bits per heavy atom. The summed E-state index contributed by atoms with van der Waals surface area (Å²) in [7, 11) is 1.26. The van der Waals surface area contributed by atoms with Gasteiger partial charge in [-0.2, -0.15) is 0 Å². The van der Waals surface area contributed by atoms with Gasteiger partial charge in [0, 0.05) is 24.1 Å². The number of hydrogen-bond donors (Lipinski definition) is 0. The average molecular weight is 357 g/mol. The highest BCUT2D eigenvalue weighted by atomic mass is 35.5. The Hall–Kier alpha value is -2.25. The van der Waals surface area contributed by atoms with Crippen LogP contribution in [0.3, 0.4) is 0 Å². The average Bonchev–Trinajstić information content (AvgIpc) is 2.51. The lowest BCUT2D eigenvalue weighted by molar-refractivity contribution is -0.384. The Labute approximate surface area is 141 Å². The molecule has 2 rings (SSSR count). The van der Waals surface area contributed by atoms with Crippen molar-refractivity contribution < 1.29 is 14.5 Å². The van der Waals surface area contributed by atoms with E-state index in [1.54, 1.807) is 12.1 Å². The third kappa shape index (κ3) is 4.37. The SMILES string of the molecule is COC(=O)Cc1c(Cl)nc(Cc2ccc([N+](=O)[O-])c[13cH]2)nc1Cl. The van der Waals surface area contributed by atoms with Crippen LogP contribution >= 0.6 is 23.2 Å². The lowest BCUT2D eigenvalue weighted by Crippen LogP contribution is -2.09. The molecule has 0 radical (unpaired) electrons. The van der Waals surface area contributed by atoms with Crippen molar-refractivity contribution in [2.75, 3.05) is 7.11 Å². The number of methoxy groups -OCH3 is 1. The highest BCUT2D eigenvalue weighted by molar-refractivity contribution is 6.34. The van der Waals surface area contributed by atoms with Crippen molar-refractivity contribution in [1.29, 1.82) is 0 Å². The van der Waals surface area contributed by atoms with Crippen LogP contribution < -0.4 is 0 Å². The number of nitro benzene ring substituents is 1. The summed E-state index contributed by atoms with van der Waals surface area (Å²) in [4.78, 5) is 29.6. The summed E-state index contributed by atoms with van der Waals surface area (Å²) in [5.74, 6) is -0.150. The molecule has 0 aliphatic rings. The van der Waals surface area contributed by atoms with E-state index in [0.717, 1.165) is 5.56 Å². The Bertz CT molecular complexity index is 727. The number of carbonyl (C=O) groups excluding carboxylic acids is 1. The van der Waals surface area contributed by atoms with Crippen molar-refractivity contribution in [3.05, 3.63) is 61.6 Å². The predicted molar refractivity (Wildman–Crippen MR) is 83.7 cm³/mol. The number of esters is 1. The van der Waals surface area contributed by atoms with E-state index in [1.807, 2.05) is 0 Å². The minimum absolute atomic E-state index is 0.000779. The molecule has 1 aromatic heterocycles. The highest BCUT2D eigenvalue weighted by Crippen LogP contribution is 2.23. The number of non-ortho nitro benzene ring substituents is 1. The topological polar surface area (TPSA) is 95.2 Å². The van der Waals surface area contributed by atoms with Gasteiger partial charge < -0.3 is 4.74 Å². The maximum atomic E-state index is 11.3. The van der Waals surface area contributed by atoms with Gasteiger partial charge in [0.15, 0.2) is 0 Å². The van der Waals surface area contributed by atoms with E-state index in [0.29, 0.717) is 17.8 Å². The summed E-state index contributed by atoms with van der Waals surface area (Å²) in [6, 6.07) is 5.99. The number of carbonyl (C=O) groups is 1. The zero-order valence-corrected chi connectivity index (χ0v) is 13.5. The molecule has 0 amide bonds. The van der Waals surface area contributed by atoms with E-state index in [9.17, 15) is 14.9 Å². The number of nitrogens with zero attached hydrogens (tertiary/aromatic N) is 3. The smallest absolute Gasteiger partial charge is 0.310 e. The number of rotatable bonds is 5. The Morgan fingerprint density at radius 2 is 1.78 bits per heavy atom. The van der Waals surface area contributed by atoms with Gasteiger partial charge in [-0.1, -0.05) is 35.3 Å². The molecule has 1 aromatic carbocycles. The molecule has 0 saturated heterocycles. The van der Waals surface area contributed by atoms with Crippen LogP contribution in [-0.2, 0) is 22.4 Å². The molecular weight excluding hydrogens is 346 g/mol. The molecule has 0 fully saturated rings. The second-order valence-electron chi connectivity index (χ2n) is 4.55. The molecule has 0 unspecified atom stereocenters. The maximum absolute atomic E-state index is 11.3. The van der Waals surface area contributed by atoms with Gasteiger partial charge in [-0.25, -0.2) is 9.97 Å². The van der Waals surface area contributed by atoms with Gasteiger partial charge in [0.25, 0.3) is 5.69 Å². The first-order valence-corrected chi connectivity index (χ1v) is 7.17. The van der Waals surface area contributed by atoms with Crippen LogP contribution in [0.2, 0.25) is 10.3 Å². The fraction of sp³-hybridized carbons (Fsp3) is 0.214. The van der Waals surface area contributed by atoms with Crippen LogP contribution in [0.15, 0.2) is 24.3 Å². The zero-order valence-electron chi connectivity index (χ0n) is 12.0. The van der Waals surface area contributed by atoms with Crippen molar-refractivity contribution >= 4 is 34.9 Å². The van der Waals surface area contributed by atoms with Crippen molar-refractivity contribution in [2.24, 2.45) is 0 Å². The number of halogens is 2. The summed E-state index contributed by atoms with van der Waals surface area (Å²) in [5, 5.41) is 10.8. The van der Waals surface area contributed by atoms with Gasteiger partial charge in [0.05, 0.1) is 18.5 Å². The van der Waals surface area contributed by atoms with Crippen LogP contribution in [0.25, 0.3) is 0 Å². The van der Waals surface area contributed by atoms with E-state index < -0.39 is 10.9 Å². The van der Waals surface area contributed by atoms with E-state index in [4.69, 9.17) is 23.2 Å². The Morgan fingerprint density at radius 3 is 2.26 bits per heavy atom. The van der Waals surface area contributed by atoms with Crippen molar-refractivity contribution in [2.45, 2.75) is 12.8 Å². The number of ether oxygens (including phenoxy) is 1. The van der Waals surface area contributed by atoms with Crippen LogP contribution in [0, 0.1) is 10.1 Å². The minimum Gasteiger partial charge on any atom is -0.469 e. The standard InChI is InChI=1S/C14H11Cl2N3O4/c1-23-12(20)7-10-13(15)17-11(18-14(10)16)6-8-2-4-9(5-3-8)19(21)22/h2-5H,6-7H2,1H3/i2+1. The predicted octanol–water partition coefficient (Wildman–Crippen LogP) is 3.00. The number of benzene rings is 1. The molecule has 0 spiro atoms. The lowest BCUT2D eigenvalue weighted by Gasteiger charge is -2.07. The molecule has 120 valence electrons. The molecule has 0 saturated carbocycles. The largest absolute Gasteiger partial charge is 0.469 e. The molecule has 0 aliphatic heterocycles. The molecule has 1 heterocycles. The molecule has 9 heteroatoms. The third-order valence-electron chi connectivity index (χ3n) is 3.01. The molecule has 0 atom stereocenters. The first-order chi connectivity index (χ1) is 10.9. The molecule has 0 bridgehead atoms. The molecule has 23 heavy (non-hydrogen) atoms. The van der Waals surface area contributed by atoms with Gasteiger partial charge in [0.1, 0.15) is 16.1 Å². The number of aromatic nitrogens is 2. The normalized spacial score (nSPS) is 10.4. The summed E-state index contributed by atoms with van der Waals surface area (Å²) in [6.07, 6.45) is 0.182. The van der Waals surface area contributed by atoms with Crippen LogP contribution in [0.1, 0.15) is 17.0 Å². The molecule has 0 N–H and O–H groups in total. The van der Waals surface area contributed by atoms with Crippen molar-refractivity contribution in [3.63, 3.8) is 0 Å². The molecule has 7 nitrogen and oxygen atoms in total. The number of nitro groups is 1. The van der Waals surface area contributed by atoms with Crippen LogP contribution in [-0.4, -0.2) is 28.0 Å². The Balaban J connectivity index is 2.21. The van der Waals surface area contributed by atoms with Gasteiger partial charge >= 0.3 is 5.97 Å². The van der Waals surface area contributed by atoms with Gasteiger partial charge in [-0.3, -0.25) is 14.9 Å². The van der Waals surface area contributed by atoms with Crippen molar-refractivity contribution in [1.82, 2.24) is 9.97 Å². The summed E-state index contributed by atoms with van der Waals surface area (Å²) < 4.78 is 4.55. The first-order valence-electron chi connectivity index (χ1n) is 6.41. The van der Waals surface area contributed by atoms with Crippen LogP contribution in [0.5, 0.6) is 0 Å². The third-order valence-corrected chi connectivity index (χ3v) is 3.64. The first kappa shape index (κ1) is 17.1. The molecule has 0 aliphatic carbocycles. The fourth-order valence-electron chi connectivity index (χ4n) is 1.83. The second kappa shape index (κ2) is 7.34. The summed E-state index contributed by atoms with van der Waals surface area (Å²) in [6.45, 7) is 0. The minimum atomic E-state index is -0.500. The van der Waals surface area contributed by atoms with Gasteiger partial charge in [-0.05, 0) is 5.56 Å². The summed E-state index contributed by atoms with van der Waals surface area (Å²) >= 11 is 12.1. The van der Waals surface area contributed by atoms with E-state index >= 15 is 0 Å². The maximum Gasteiger partial charge on any atom is 0.310 e. The summed E-state index contributed by atoms with van der Waals surface area (Å²) in [5.41, 5.74) is 1.07. The second-order valence-corrected chi connectivity index (χ2v) is 5.27. The zero-order chi connectivity index (χ0) is 17.0. The Kier molecular flexibility index (Phi) is 5.46. The monoisotopic (exact) mass is 356 g/mol. The van der Waals surface area contributed by atoms with Gasteiger partial charge in [0.2, 0.25) is 0 Å². The number of hydrogen-bond acceptors (Lipinski definition) is 6. The van der Waals surface area contributed by atoms with Crippen LogP contribution in [0.4, 0.5) is 5.69 Å². The molecular formula is C14H11Cl2N3O4. The lowest BCUT2D eigenvalue weighted by atomic mass is 10.2. The van der Waals surface area contributed by atoms with E-state index in [-0.39, 0.29) is 22.4 Å². The van der Waals surface area contributed by atoms with E-state index in [2.05, 4.69) is 14.7 Å². The molecule has 2 aromatic rings.